The highest BCUT2D eigenvalue weighted by molar-refractivity contribution is 7.89. The molecular formula is C25H26FN3O3S. The van der Waals surface area contributed by atoms with Crippen molar-refractivity contribution in [2.45, 2.75) is 37.6 Å². The number of hydrogen-bond acceptors (Lipinski definition) is 4. The number of pyridine rings is 1. The van der Waals surface area contributed by atoms with Crippen molar-refractivity contribution in [2.75, 3.05) is 7.05 Å². The van der Waals surface area contributed by atoms with Gasteiger partial charge in [-0.3, -0.25) is 9.78 Å². The number of rotatable bonds is 5. The SMILES string of the molecule is CNC(=O)c1ccc(-c2ccc(CN3C(C)CCC(c4ccccc4)S3(=O)=O)c(F)c2)cn1. The zero-order chi connectivity index (χ0) is 23.6. The van der Waals surface area contributed by atoms with Crippen molar-refractivity contribution >= 4 is 15.9 Å². The molecule has 0 aliphatic carbocycles. The van der Waals surface area contributed by atoms with Crippen LogP contribution in [0.1, 0.15) is 46.6 Å². The minimum absolute atomic E-state index is 0.0210. The molecule has 0 saturated carbocycles. The Morgan fingerprint density at radius 3 is 2.45 bits per heavy atom. The molecule has 4 rings (SSSR count). The zero-order valence-corrected chi connectivity index (χ0v) is 19.3. The van der Waals surface area contributed by atoms with Crippen molar-refractivity contribution < 1.29 is 17.6 Å². The number of carbonyl (C=O) groups is 1. The summed E-state index contributed by atoms with van der Waals surface area (Å²) in [6, 6.07) is 17.0. The first-order chi connectivity index (χ1) is 15.8. The molecule has 1 saturated heterocycles. The summed E-state index contributed by atoms with van der Waals surface area (Å²) in [6.07, 6.45) is 2.77. The number of benzene rings is 2. The van der Waals surface area contributed by atoms with Gasteiger partial charge < -0.3 is 5.32 Å². The van der Waals surface area contributed by atoms with Crippen molar-refractivity contribution in [3.63, 3.8) is 0 Å². The largest absolute Gasteiger partial charge is 0.354 e. The highest BCUT2D eigenvalue weighted by Crippen LogP contribution is 2.38. The lowest BCUT2D eigenvalue weighted by Gasteiger charge is -2.37. The van der Waals surface area contributed by atoms with Crippen LogP contribution >= 0.6 is 0 Å². The Hall–Kier alpha value is -3.10. The van der Waals surface area contributed by atoms with Gasteiger partial charge in [0.25, 0.3) is 5.91 Å². The van der Waals surface area contributed by atoms with Gasteiger partial charge in [0.2, 0.25) is 10.0 Å². The summed E-state index contributed by atoms with van der Waals surface area (Å²) in [5.74, 6) is -0.777. The van der Waals surface area contributed by atoms with Gasteiger partial charge in [0, 0.05) is 37.0 Å². The van der Waals surface area contributed by atoms with E-state index < -0.39 is 21.1 Å². The van der Waals surface area contributed by atoms with Crippen molar-refractivity contribution in [3.05, 3.63) is 89.5 Å². The molecule has 1 aliphatic rings. The summed E-state index contributed by atoms with van der Waals surface area (Å²) < 4.78 is 43.3. The third kappa shape index (κ3) is 4.67. The van der Waals surface area contributed by atoms with Gasteiger partial charge in [-0.2, -0.15) is 4.31 Å². The number of aromatic nitrogens is 1. The van der Waals surface area contributed by atoms with E-state index in [2.05, 4.69) is 10.3 Å². The molecule has 2 heterocycles. The second-order valence-corrected chi connectivity index (χ2v) is 10.3. The number of nitrogens with one attached hydrogen (secondary N) is 1. The van der Waals surface area contributed by atoms with Crippen LogP contribution in [0.25, 0.3) is 11.1 Å². The quantitative estimate of drug-likeness (QED) is 0.607. The summed E-state index contributed by atoms with van der Waals surface area (Å²) in [5, 5.41) is 1.88. The lowest BCUT2D eigenvalue weighted by atomic mass is 10.0. The number of amides is 1. The summed E-state index contributed by atoms with van der Waals surface area (Å²) >= 11 is 0. The molecule has 0 radical (unpaired) electrons. The second kappa shape index (κ2) is 9.41. The monoisotopic (exact) mass is 467 g/mol. The first-order valence-electron chi connectivity index (χ1n) is 10.8. The number of nitrogens with zero attached hydrogens (tertiary/aromatic N) is 2. The number of carbonyl (C=O) groups excluding carboxylic acids is 1. The first-order valence-corrected chi connectivity index (χ1v) is 12.3. The predicted molar refractivity (Wildman–Crippen MR) is 125 cm³/mol. The van der Waals surface area contributed by atoms with Gasteiger partial charge in [0.05, 0.1) is 0 Å². The molecule has 0 bridgehead atoms. The minimum atomic E-state index is -3.64. The summed E-state index contributed by atoms with van der Waals surface area (Å²) in [6.45, 7) is 1.84. The van der Waals surface area contributed by atoms with Crippen LogP contribution in [0, 0.1) is 5.82 Å². The molecule has 1 aliphatic heterocycles. The molecule has 6 nitrogen and oxygen atoms in total. The van der Waals surface area contributed by atoms with Crippen LogP contribution in [0.5, 0.6) is 0 Å². The molecule has 8 heteroatoms. The molecule has 1 fully saturated rings. The molecule has 2 aromatic carbocycles. The normalized spacial score (nSPS) is 20.3. The molecule has 33 heavy (non-hydrogen) atoms. The van der Waals surface area contributed by atoms with E-state index in [1.807, 2.05) is 37.3 Å². The van der Waals surface area contributed by atoms with Crippen LogP contribution in [0.15, 0.2) is 66.9 Å². The van der Waals surface area contributed by atoms with Crippen molar-refractivity contribution in [1.82, 2.24) is 14.6 Å². The Balaban J connectivity index is 1.58. The van der Waals surface area contributed by atoms with E-state index >= 15 is 4.39 Å². The third-order valence-corrected chi connectivity index (χ3v) is 8.50. The number of hydrogen-bond donors (Lipinski definition) is 1. The average molecular weight is 468 g/mol. The molecule has 172 valence electrons. The van der Waals surface area contributed by atoms with Crippen LogP contribution in [-0.2, 0) is 16.6 Å². The standard InChI is InChI=1S/C25H26FN3O3S/c1-17-8-13-24(18-6-4-3-5-7-18)33(31,32)29(17)16-21-10-9-19(14-22(21)26)20-11-12-23(28-15-20)25(30)27-2/h3-7,9-12,14-15,17,24H,8,13,16H2,1-2H3,(H,27,30). The molecule has 2 unspecified atom stereocenters. The molecule has 1 amide bonds. The van der Waals surface area contributed by atoms with Crippen LogP contribution in [0.4, 0.5) is 4.39 Å². The van der Waals surface area contributed by atoms with E-state index in [0.717, 1.165) is 5.56 Å². The van der Waals surface area contributed by atoms with Crippen LogP contribution in [0.2, 0.25) is 0 Å². The highest BCUT2D eigenvalue weighted by Gasteiger charge is 2.40. The summed E-state index contributed by atoms with van der Waals surface area (Å²) in [7, 11) is -2.12. The lowest BCUT2D eigenvalue weighted by molar-refractivity contribution is 0.0958. The van der Waals surface area contributed by atoms with Crippen LogP contribution in [0.3, 0.4) is 0 Å². The summed E-state index contributed by atoms with van der Waals surface area (Å²) in [4.78, 5) is 15.8. The zero-order valence-electron chi connectivity index (χ0n) is 18.5. The minimum Gasteiger partial charge on any atom is -0.354 e. The van der Waals surface area contributed by atoms with E-state index in [-0.39, 0.29) is 24.2 Å². The Morgan fingerprint density at radius 2 is 1.82 bits per heavy atom. The van der Waals surface area contributed by atoms with E-state index in [1.54, 1.807) is 24.3 Å². The van der Waals surface area contributed by atoms with Crippen molar-refractivity contribution in [3.8, 4) is 11.1 Å². The topological polar surface area (TPSA) is 79.4 Å². The summed E-state index contributed by atoms with van der Waals surface area (Å²) in [5.41, 5.74) is 2.62. The molecule has 2 atom stereocenters. The van der Waals surface area contributed by atoms with Crippen LogP contribution < -0.4 is 5.32 Å². The third-order valence-electron chi connectivity index (χ3n) is 6.13. The van der Waals surface area contributed by atoms with E-state index in [0.29, 0.717) is 29.5 Å². The lowest BCUT2D eigenvalue weighted by Crippen LogP contribution is -2.44. The van der Waals surface area contributed by atoms with Crippen LogP contribution in [-0.4, -0.2) is 36.7 Å². The number of sulfonamides is 1. The highest BCUT2D eigenvalue weighted by atomic mass is 32.2. The molecule has 1 N–H and O–H groups in total. The molecular weight excluding hydrogens is 441 g/mol. The van der Waals surface area contributed by atoms with Gasteiger partial charge in [-0.15, -0.1) is 0 Å². The number of halogens is 1. The second-order valence-electron chi connectivity index (χ2n) is 8.23. The Labute approximate surface area is 193 Å². The Kier molecular flexibility index (Phi) is 6.58. The van der Waals surface area contributed by atoms with Gasteiger partial charge in [-0.25, -0.2) is 12.8 Å². The fourth-order valence-corrected chi connectivity index (χ4v) is 6.39. The Bertz CT molecular complexity index is 1250. The maximum absolute atomic E-state index is 15.0. The molecule has 3 aromatic rings. The molecule has 0 spiro atoms. The Morgan fingerprint density at radius 1 is 1.09 bits per heavy atom. The average Bonchev–Trinajstić information content (AvgIpc) is 2.82. The van der Waals surface area contributed by atoms with E-state index in [1.165, 1.54) is 23.6 Å². The smallest absolute Gasteiger partial charge is 0.269 e. The van der Waals surface area contributed by atoms with E-state index in [4.69, 9.17) is 0 Å². The van der Waals surface area contributed by atoms with Gasteiger partial charge in [-0.05, 0) is 43.0 Å². The first kappa shape index (κ1) is 23.1. The van der Waals surface area contributed by atoms with Crippen molar-refractivity contribution in [1.29, 1.82) is 0 Å². The maximum atomic E-state index is 15.0. The van der Waals surface area contributed by atoms with Gasteiger partial charge >= 0.3 is 0 Å². The van der Waals surface area contributed by atoms with Crippen molar-refractivity contribution in [2.24, 2.45) is 0 Å². The van der Waals surface area contributed by atoms with Gasteiger partial charge in [0.15, 0.2) is 0 Å². The molecule has 1 aromatic heterocycles. The predicted octanol–water partition coefficient (Wildman–Crippen LogP) is 4.30. The van der Waals surface area contributed by atoms with Gasteiger partial charge in [0.1, 0.15) is 16.8 Å². The maximum Gasteiger partial charge on any atom is 0.269 e. The fourth-order valence-electron chi connectivity index (χ4n) is 4.20. The van der Waals surface area contributed by atoms with Gasteiger partial charge in [-0.1, -0.05) is 48.5 Å². The van der Waals surface area contributed by atoms with E-state index in [9.17, 15) is 13.2 Å². The fraction of sp³-hybridized carbons (Fsp3) is 0.280.